The maximum atomic E-state index is 12.7. The third-order valence-corrected chi connectivity index (χ3v) is 9.01. The average molecular weight is 785 g/mol. The number of unbranched alkanes of at least 4 members (excludes halogenated alkanes) is 7. The number of rotatable bonds is 34. The van der Waals surface area contributed by atoms with Crippen LogP contribution in [0.15, 0.2) is 97.2 Å². The summed E-state index contributed by atoms with van der Waals surface area (Å²) in [5.74, 6) is -0.402. The zero-order chi connectivity index (χ0) is 40.7. The second-order valence-electron chi connectivity index (χ2n) is 14.0. The van der Waals surface area contributed by atoms with E-state index in [1.54, 1.807) is 0 Å². The molecule has 6 atom stereocenters. The van der Waals surface area contributed by atoms with Crippen molar-refractivity contribution in [1.82, 2.24) is 0 Å². The molecule has 1 heterocycles. The lowest BCUT2D eigenvalue weighted by molar-refractivity contribution is -0.305. The van der Waals surface area contributed by atoms with E-state index < -0.39 is 49.4 Å². The van der Waals surface area contributed by atoms with Crippen LogP contribution in [0.4, 0.5) is 0 Å². The third-order valence-electron chi connectivity index (χ3n) is 9.01. The molecule has 0 radical (unpaired) electrons. The highest BCUT2D eigenvalue weighted by molar-refractivity contribution is 5.69. The van der Waals surface area contributed by atoms with Crippen molar-refractivity contribution in [2.75, 3.05) is 26.4 Å². The molecule has 318 valence electrons. The number of esters is 1. The maximum Gasteiger partial charge on any atom is 0.306 e. The number of aliphatic hydroxyl groups is 4. The van der Waals surface area contributed by atoms with Gasteiger partial charge in [0.1, 0.15) is 30.5 Å². The van der Waals surface area contributed by atoms with E-state index in [0.717, 1.165) is 77.0 Å². The average Bonchev–Trinajstić information content (AvgIpc) is 3.20. The van der Waals surface area contributed by atoms with Gasteiger partial charge in [0.25, 0.3) is 0 Å². The van der Waals surface area contributed by atoms with Gasteiger partial charge in [0.2, 0.25) is 0 Å². The van der Waals surface area contributed by atoms with Gasteiger partial charge in [-0.2, -0.15) is 0 Å². The van der Waals surface area contributed by atoms with Crippen LogP contribution in [0.3, 0.4) is 0 Å². The Morgan fingerprint density at radius 2 is 1.04 bits per heavy atom. The first-order chi connectivity index (χ1) is 27.4. The molecule has 0 amide bonds. The Kier molecular flexibility index (Phi) is 34.4. The molecule has 1 aliphatic rings. The zero-order valence-electron chi connectivity index (χ0n) is 34.6. The zero-order valence-corrected chi connectivity index (χ0v) is 34.6. The smallest absolute Gasteiger partial charge is 0.306 e. The van der Waals surface area contributed by atoms with Crippen LogP contribution in [-0.2, 0) is 23.7 Å². The molecular formula is C47H76O9. The highest BCUT2D eigenvalue weighted by Crippen LogP contribution is 2.22. The van der Waals surface area contributed by atoms with E-state index in [-0.39, 0.29) is 19.6 Å². The molecule has 9 heteroatoms. The summed E-state index contributed by atoms with van der Waals surface area (Å²) in [6.45, 7) is 4.18. The van der Waals surface area contributed by atoms with Crippen LogP contribution in [0.25, 0.3) is 0 Å². The fourth-order valence-corrected chi connectivity index (χ4v) is 5.73. The molecular weight excluding hydrogens is 709 g/mol. The summed E-state index contributed by atoms with van der Waals surface area (Å²) in [6.07, 6.45) is 44.5. The molecule has 1 saturated heterocycles. The minimum Gasteiger partial charge on any atom is -0.457 e. The normalized spacial score (nSPS) is 21.6. The van der Waals surface area contributed by atoms with E-state index >= 15 is 0 Å². The fourth-order valence-electron chi connectivity index (χ4n) is 5.73. The van der Waals surface area contributed by atoms with Crippen molar-refractivity contribution in [2.24, 2.45) is 0 Å². The van der Waals surface area contributed by atoms with Gasteiger partial charge in [-0.3, -0.25) is 4.79 Å². The Bertz CT molecular complexity index is 1170. The lowest BCUT2D eigenvalue weighted by Gasteiger charge is -2.39. The van der Waals surface area contributed by atoms with Gasteiger partial charge in [-0.15, -0.1) is 0 Å². The Morgan fingerprint density at radius 3 is 1.55 bits per heavy atom. The predicted molar refractivity (Wildman–Crippen MR) is 228 cm³/mol. The highest BCUT2D eigenvalue weighted by atomic mass is 16.7. The number of ether oxygens (including phenoxy) is 4. The van der Waals surface area contributed by atoms with Crippen molar-refractivity contribution < 1.29 is 44.2 Å². The fraction of sp³-hybridized carbons (Fsp3) is 0.638. The van der Waals surface area contributed by atoms with E-state index in [9.17, 15) is 25.2 Å². The highest BCUT2D eigenvalue weighted by Gasteiger charge is 2.44. The standard InChI is InChI=1S/C47H76O9/c1-3-5-7-9-11-13-15-17-18-19-20-21-22-23-25-27-29-31-33-35-37-53-39-41(40-54-47-46(52)45(51)44(50)42(38-48)56-47)55-43(49)36-34-32-30-28-26-24-16-14-12-10-8-6-4-2/h5-8,11-14,17-18,20-21,24,26,30,32,41-42,44-48,50-52H,3-4,9-10,15-16,19,22-23,25,27-29,31,33-40H2,1-2H3/b7-5-,8-6-,13-11-,14-12-,18-17-,21-20-,26-24-,32-30-. The lowest BCUT2D eigenvalue weighted by atomic mass is 9.99. The van der Waals surface area contributed by atoms with Crippen LogP contribution in [0.1, 0.15) is 129 Å². The van der Waals surface area contributed by atoms with E-state index in [4.69, 9.17) is 18.9 Å². The van der Waals surface area contributed by atoms with Crippen LogP contribution in [0.2, 0.25) is 0 Å². The monoisotopic (exact) mass is 785 g/mol. The minimum absolute atomic E-state index is 0.102. The third kappa shape index (κ3) is 28.5. The van der Waals surface area contributed by atoms with Gasteiger partial charge in [-0.05, 0) is 77.0 Å². The van der Waals surface area contributed by atoms with E-state index in [0.29, 0.717) is 13.0 Å². The number of carbonyl (C=O) groups is 1. The molecule has 9 nitrogen and oxygen atoms in total. The van der Waals surface area contributed by atoms with E-state index in [2.05, 4.69) is 98.9 Å². The van der Waals surface area contributed by atoms with Gasteiger partial charge in [-0.1, -0.05) is 143 Å². The lowest BCUT2D eigenvalue weighted by Crippen LogP contribution is -2.59. The Morgan fingerprint density at radius 1 is 0.571 bits per heavy atom. The van der Waals surface area contributed by atoms with E-state index in [1.165, 1.54) is 25.7 Å². The molecule has 56 heavy (non-hydrogen) atoms. The molecule has 0 aromatic heterocycles. The topological polar surface area (TPSA) is 135 Å². The summed E-state index contributed by atoms with van der Waals surface area (Å²) in [6, 6.07) is 0. The Balaban J connectivity index is 2.33. The van der Waals surface area contributed by atoms with Crippen LogP contribution in [0.5, 0.6) is 0 Å². The summed E-state index contributed by atoms with van der Waals surface area (Å²) < 4.78 is 22.7. The van der Waals surface area contributed by atoms with Crippen LogP contribution in [-0.4, -0.2) is 89.6 Å². The van der Waals surface area contributed by atoms with Crippen LogP contribution < -0.4 is 0 Å². The number of hydrogen-bond acceptors (Lipinski definition) is 9. The molecule has 0 bridgehead atoms. The Labute approximate surface area is 339 Å². The summed E-state index contributed by atoms with van der Waals surface area (Å²) in [7, 11) is 0. The second kappa shape index (κ2) is 37.7. The first-order valence-corrected chi connectivity index (χ1v) is 21.3. The summed E-state index contributed by atoms with van der Waals surface area (Å²) in [5.41, 5.74) is 0. The number of allylic oxidation sites excluding steroid dienone is 16. The number of carbonyl (C=O) groups excluding carboxylic acids is 1. The number of aliphatic hydroxyl groups excluding tert-OH is 4. The van der Waals surface area contributed by atoms with Crippen molar-refractivity contribution in [3.8, 4) is 0 Å². The maximum absolute atomic E-state index is 12.7. The van der Waals surface area contributed by atoms with Crippen molar-refractivity contribution in [1.29, 1.82) is 0 Å². The van der Waals surface area contributed by atoms with Gasteiger partial charge >= 0.3 is 5.97 Å². The molecule has 0 aromatic rings. The first kappa shape index (κ1) is 51.1. The van der Waals surface area contributed by atoms with Crippen LogP contribution in [0, 0.1) is 0 Å². The molecule has 0 saturated carbocycles. The first-order valence-electron chi connectivity index (χ1n) is 21.3. The molecule has 0 aromatic carbocycles. The molecule has 1 fully saturated rings. The predicted octanol–water partition coefficient (Wildman–Crippen LogP) is 9.24. The van der Waals surface area contributed by atoms with Gasteiger partial charge in [0, 0.05) is 13.0 Å². The second-order valence-corrected chi connectivity index (χ2v) is 14.0. The SMILES string of the molecule is CC/C=C\C/C=C\C/C=C\C/C=C\CCCCCCCCCOCC(COC1OC(CO)C(O)C(O)C1O)OC(=O)CC/C=C\C/C=C\C/C=C\C/C=C\CC. The Hall–Kier alpha value is -2.89. The largest absolute Gasteiger partial charge is 0.457 e. The van der Waals surface area contributed by atoms with Crippen LogP contribution >= 0.6 is 0 Å². The van der Waals surface area contributed by atoms with Gasteiger partial charge in [-0.25, -0.2) is 0 Å². The molecule has 0 aliphatic carbocycles. The molecule has 0 spiro atoms. The summed E-state index contributed by atoms with van der Waals surface area (Å²) in [4.78, 5) is 12.7. The van der Waals surface area contributed by atoms with Crippen molar-refractivity contribution in [3.63, 3.8) is 0 Å². The quantitative estimate of drug-likeness (QED) is 0.0286. The molecule has 4 N–H and O–H groups in total. The van der Waals surface area contributed by atoms with Crippen molar-refractivity contribution in [2.45, 2.75) is 166 Å². The molecule has 1 rings (SSSR count). The molecule has 1 aliphatic heterocycles. The summed E-state index contributed by atoms with van der Waals surface area (Å²) in [5, 5.41) is 40.0. The van der Waals surface area contributed by atoms with Gasteiger partial charge in [0.15, 0.2) is 6.29 Å². The molecule has 6 unspecified atom stereocenters. The van der Waals surface area contributed by atoms with Gasteiger partial charge in [0.05, 0.1) is 19.8 Å². The van der Waals surface area contributed by atoms with E-state index in [1.807, 2.05) is 12.2 Å². The van der Waals surface area contributed by atoms with Gasteiger partial charge < -0.3 is 39.4 Å². The summed E-state index contributed by atoms with van der Waals surface area (Å²) >= 11 is 0. The number of hydrogen-bond donors (Lipinski definition) is 4. The van der Waals surface area contributed by atoms with Crippen molar-refractivity contribution in [3.05, 3.63) is 97.2 Å². The minimum atomic E-state index is -1.56. The van der Waals surface area contributed by atoms with Crippen molar-refractivity contribution >= 4 is 5.97 Å².